The average molecular weight is 370 g/mol. The standard InChI is InChI=1S/C19H26N6O2/c1-14(10-20)18(27)22-12-19(2,3)13-25-11-15(23-24-25)7-8-17(26)16-6-4-5-9-21-16/h4-6,9,11,14,17,26H,7-8,12-13H2,1-3H3,(H,22,27). The van der Waals surface area contributed by atoms with Crippen LogP contribution in [0.4, 0.5) is 0 Å². The van der Waals surface area contributed by atoms with Crippen LogP contribution in [0.15, 0.2) is 30.6 Å². The fourth-order valence-electron chi connectivity index (χ4n) is 2.57. The second-order valence-corrected chi connectivity index (χ2v) is 7.45. The summed E-state index contributed by atoms with van der Waals surface area (Å²) in [6, 6.07) is 7.38. The highest BCUT2D eigenvalue weighted by atomic mass is 16.3. The first kappa shape index (κ1) is 20.5. The van der Waals surface area contributed by atoms with Gasteiger partial charge in [0.2, 0.25) is 5.91 Å². The Balaban J connectivity index is 1.84. The SMILES string of the molecule is CC(C#N)C(=O)NCC(C)(C)Cn1cc(CCC(O)c2ccccn2)nn1. The van der Waals surface area contributed by atoms with E-state index in [-0.39, 0.29) is 11.3 Å². The van der Waals surface area contributed by atoms with E-state index in [1.807, 2.05) is 38.2 Å². The molecule has 2 atom stereocenters. The van der Waals surface area contributed by atoms with Gasteiger partial charge in [0.1, 0.15) is 5.92 Å². The quantitative estimate of drug-likeness (QED) is 0.693. The number of nitrogens with one attached hydrogen (secondary N) is 1. The monoisotopic (exact) mass is 370 g/mol. The largest absolute Gasteiger partial charge is 0.387 e. The van der Waals surface area contributed by atoms with Crippen molar-refractivity contribution in [2.24, 2.45) is 11.3 Å². The molecule has 2 rings (SSSR count). The molecule has 2 heterocycles. The van der Waals surface area contributed by atoms with Crippen molar-refractivity contribution in [3.05, 3.63) is 42.0 Å². The number of amides is 1. The first-order valence-electron chi connectivity index (χ1n) is 8.96. The van der Waals surface area contributed by atoms with Gasteiger partial charge >= 0.3 is 0 Å². The van der Waals surface area contributed by atoms with E-state index in [1.165, 1.54) is 0 Å². The summed E-state index contributed by atoms with van der Waals surface area (Å²) in [5, 5.41) is 30.0. The molecule has 144 valence electrons. The van der Waals surface area contributed by atoms with E-state index in [1.54, 1.807) is 23.9 Å². The molecule has 2 unspecified atom stereocenters. The van der Waals surface area contributed by atoms with Gasteiger partial charge in [-0.2, -0.15) is 5.26 Å². The number of carbonyl (C=O) groups is 1. The van der Waals surface area contributed by atoms with Crippen molar-refractivity contribution in [1.82, 2.24) is 25.3 Å². The van der Waals surface area contributed by atoms with E-state index >= 15 is 0 Å². The van der Waals surface area contributed by atoms with Crippen LogP contribution in [0.3, 0.4) is 0 Å². The molecule has 0 saturated heterocycles. The number of hydrogen-bond acceptors (Lipinski definition) is 6. The van der Waals surface area contributed by atoms with Crippen LogP contribution in [0.1, 0.15) is 44.7 Å². The number of hydrogen-bond donors (Lipinski definition) is 2. The van der Waals surface area contributed by atoms with Gasteiger partial charge in [0.05, 0.1) is 23.6 Å². The third kappa shape index (κ3) is 6.46. The smallest absolute Gasteiger partial charge is 0.237 e. The summed E-state index contributed by atoms with van der Waals surface area (Å²) in [7, 11) is 0. The van der Waals surface area contributed by atoms with E-state index in [0.717, 1.165) is 5.69 Å². The molecule has 27 heavy (non-hydrogen) atoms. The van der Waals surface area contributed by atoms with Crippen LogP contribution in [0, 0.1) is 22.7 Å². The first-order valence-corrected chi connectivity index (χ1v) is 8.96. The lowest BCUT2D eigenvalue weighted by molar-refractivity contribution is -0.123. The zero-order chi connectivity index (χ0) is 19.9. The minimum Gasteiger partial charge on any atom is -0.387 e. The fraction of sp³-hybridized carbons (Fsp3) is 0.526. The van der Waals surface area contributed by atoms with Gasteiger partial charge in [-0.25, -0.2) is 0 Å². The van der Waals surface area contributed by atoms with Crippen LogP contribution < -0.4 is 5.32 Å². The summed E-state index contributed by atoms with van der Waals surface area (Å²) < 4.78 is 1.74. The minimum absolute atomic E-state index is 0.247. The Labute approximate surface area is 159 Å². The molecule has 0 radical (unpaired) electrons. The van der Waals surface area contributed by atoms with Crippen molar-refractivity contribution in [3.63, 3.8) is 0 Å². The maximum atomic E-state index is 11.7. The Morgan fingerprint density at radius 1 is 1.44 bits per heavy atom. The van der Waals surface area contributed by atoms with Gasteiger partial charge in [-0.1, -0.05) is 25.1 Å². The molecule has 0 aliphatic carbocycles. The van der Waals surface area contributed by atoms with Crippen molar-refractivity contribution in [1.29, 1.82) is 5.26 Å². The summed E-state index contributed by atoms with van der Waals surface area (Å²) >= 11 is 0. The molecule has 2 aromatic rings. The molecule has 0 aromatic carbocycles. The van der Waals surface area contributed by atoms with E-state index in [9.17, 15) is 9.90 Å². The molecule has 0 aliphatic rings. The fourth-order valence-corrected chi connectivity index (χ4v) is 2.57. The highest BCUT2D eigenvalue weighted by molar-refractivity contribution is 5.80. The molecule has 0 bridgehead atoms. The molecule has 8 nitrogen and oxygen atoms in total. The van der Waals surface area contributed by atoms with E-state index in [2.05, 4.69) is 20.6 Å². The van der Waals surface area contributed by atoms with Crippen LogP contribution in [-0.4, -0.2) is 37.5 Å². The summed E-state index contributed by atoms with van der Waals surface area (Å²) in [4.78, 5) is 15.9. The Morgan fingerprint density at radius 3 is 2.89 bits per heavy atom. The normalized spacial score (nSPS) is 13.6. The number of aliphatic hydroxyl groups excluding tert-OH is 1. The third-order valence-electron chi connectivity index (χ3n) is 4.21. The molecule has 0 aliphatic heterocycles. The van der Waals surface area contributed by atoms with Crippen molar-refractivity contribution in [3.8, 4) is 6.07 Å². The van der Waals surface area contributed by atoms with Crippen LogP contribution in [0.2, 0.25) is 0 Å². The molecule has 2 aromatic heterocycles. The summed E-state index contributed by atoms with van der Waals surface area (Å²) in [6.07, 6.45) is 3.99. The number of aryl methyl sites for hydroxylation is 1. The average Bonchev–Trinajstić information content (AvgIpc) is 3.10. The van der Waals surface area contributed by atoms with Gasteiger partial charge < -0.3 is 10.4 Å². The van der Waals surface area contributed by atoms with Crippen LogP contribution in [-0.2, 0) is 17.8 Å². The molecule has 2 N–H and O–H groups in total. The van der Waals surface area contributed by atoms with Gasteiger partial charge in [-0.15, -0.1) is 5.10 Å². The predicted octanol–water partition coefficient (Wildman–Crippen LogP) is 1.64. The van der Waals surface area contributed by atoms with Crippen LogP contribution in [0.5, 0.6) is 0 Å². The molecular weight excluding hydrogens is 344 g/mol. The summed E-state index contributed by atoms with van der Waals surface area (Å²) in [5.74, 6) is -0.933. The lowest BCUT2D eigenvalue weighted by Gasteiger charge is -2.24. The van der Waals surface area contributed by atoms with Gasteiger partial charge in [0.25, 0.3) is 0 Å². The number of carbonyl (C=O) groups excluding carboxylic acids is 1. The number of nitrogens with zero attached hydrogens (tertiary/aromatic N) is 5. The van der Waals surface area contributed by atoms with E-state index in [0.29, 0.717) is 31.6 Å². The van der Waals surface area contributed by atoms with Gasteiger partial charge in [0.15, 0.2) is 0 Å². The van der Waals surface area contributed by atoms with Crippen molar-refractivity contribution >= 4 is 5.91 Å². The second kappa shape index (κ2) is 9.24. The number of aliphatic hydroxyl groups is 1. The molecule has 0 saturated carbocycles. The van der Waals surface area contributed by atoms with E-state index in [4.69, 9.17) is 5.26 Å². The maximum absolute atomic E-state index is 11.7. The summed E-state index contributed by atoms with van der Waals surface area (Å²) in [5.41, 5.74) is 1.19. The Bertz CT molecular complexity index is 781. The molecule has 0 spiro atoms. The van der Waals surface area contributed by atoms with Crippen molar-refractivity contribution in [2.75, 3.05) is 6.54 Å². The van der Waals surface area contributed by atoms with Gasteiger partial charge in [-0.05, 0) is 31.9 Å². The zero-order valence-corrected chi connectivity index (χ0v) is 16.0. The molecule has 0 fully saturated rings. The lowest BCUT2D eigenvalue weighted by Crippen LogP contribution is -2.38. The van der Waals surface area contributed by atoms with Gasteiger partial charge in [-0.3, -0.25) is 14.5 Å². The molecular formula is C19H26N6O2. The zero-order valence-electron chi connectivity index (χ0n) is 16.0. The highest BCUT2D eigenvalue weighted by Crippen LogP contribution is 2.18. The number of pyridine rings is 1. The topological polar surface area (TPSA) is 117 Å². The lowest BCUT2D eigenvalue weighted by atomic mass is 9.93. The second-order valence-electron chi connectivity index (χ2n) is 7.45. The van der Waals surface area contributed by atoms with E-state index < -0.39 is 12.0 Å². The highest BCUT2D eigenvalue weighted by Gasteiger charge is 2.22. The van der Waals surface area contributed by atoms with Gasteiger partial charge in [0, 0.05) is 30.9 Å². The molecule has 8 heteroatoms. The number of aromatic nitrogens is 4. The van der Waals surface area contributed by atoms with Crippen molar-refractivity contribution in [2.45, 2.75) is 46.3 Å². The maximum Gasteiger partial charge on any atom is 0.237 e. The van der Waals surface area contributed by atoms with Crippen LogP contribution in [0.25, 0.3) is 0 Å². The number of rotatable bonds is 9. The molecule has 1 amide bonds. The number of nitriles is 1. The summed E-state index contributed by atoms with van der Waals surface area (Å²) in [6.45, 7) is 6.61. The minimum atomic E-state index is -0.663. The van der Waals surface area contributed by atoms with Crippen LogP contribution >= 0.6 is 0 Å². The Kier molecular flexibility index (Phi) is 7.02. The first-order chi connectivity index (χ1) is 12.8. The Morgan fingerprint density at radius 2 is 2.22 bits per heavy atom. The Hall–Kier alpha value is -2.79. The predicted molar refractivity (Wildman–Crippen MR) is 99.1 cm³/mol. The van der Waals surface area contributed by atoms with Crippen molar-refractivity contribution < 1.29 is 9.90 Å². The third-order valence-corrected chi connectivity index (χ3v) is 4.21.